The van der Waals surface area contributed by atoms with Gasteiger partial charge in [-0.2, -0.15) is 0 Å². The first-order valence-electron chi connectivity index (χ1n) is 5.95. The first-order chi connectivity index (χ1) is 9.49. The molecule has 0 saturated carbocycles. The van der Waals surface area contributed by atoms with Crippen molar-refractivity contribution in [2.45, 2.75) is 13.0 Å². The van der Waals surface area contributed by atoms with Crippen molar-refractivity contribution in [2.24, 2.45) is 5.73 Å². The Morgan fingerprint density at radius 3 is 2.45 bits per heavy atom. The minimum Gasteiger partial charge on any atom is -0.447 e. The van der Waals surface area contributed by atoms with Gasteiger partial charge in [0.1, 0.15) is 5.75 Å². The molecule has 0 spiro atoms. The number of nitrogens with zero attached hydrogens (tertiary/aromatic N) is 1. The maximum atomic E-state index is 13.7. The van der Waals surface area contributed by atoms with E-state index in [1.165, 1.54) is 12.1 Å². The van der Waals surface area contributed by atoms with Crippen molar-refractivity contribution in [2.75, 3.05) is 0 Å². The van der Waals surface area contributed by atoms with Crippen molar-refractivity contribution in [3.05, 3.63) is 64.0 Å². The number of rotatable bonds is 4. The zero-order valence-electron chi connectivity index (χ0n) is 10.7. The lowest BCUT2D eigenvalue weighted by Gasteiger charge is -2.09. The van der Waals surface area contributed by atoms with Gasteiger partial charge in [0, 0.05) is 12.1 Å². The van der Waals surface area contributed by atoms with Crippen molar-refractivity contribution < 1.29 is 14.1 Å². The third kappa shape index (κ3) is 2.92. The fraction of sp³-hybridized carbons (Fsp3) is 0.143. The summed E-state index contributed by atoms with van der Waals surface area (Å²) in [6, 6.07) is 10.1. The number of hydrogen-bond acceptors (Lipinski definition) is 4. The van der Waals surface area contributed by atoms with Crippen LogP contribution in [0.1, 0.15) is 18.5 Å². The molecule has 6 heteroatoms. The lowest BCUT2D eigenvalue weighted by atomic mass is 10.1. The zero-order chi connectivity index (χ0) is 14.7. The number of benzene rings is 2. The van der Waals surface area contributed by atoms with Crippen LogP contribution in [-0.2, 0) is 0 Å². The van der Waals surface area contributed by atoms with E-state index in [1.54, 1.807) is 24.3 Å². The fourth-order valence-corrected chi connectivity index (χ4v) is 1.70. The molecular weight excluding hydrogens is 263 g/mol. The summed E-state index contributed by atoms with van der Waals surface area (Å²) in [7, 11) is 0. The second kappa shape index (κ2) is 5.66. The molecule has 2 aromatic rings. The second-order valence-corrected chi connectivity index (χ2v) is 4.30. The van der Waals surface area contributed by atoms with Gasteiger partial charge in [0.05, 0.1) is 4.92 Å². The summed E-state index contributed by atoms with van der Waals surface area (Å²) >= 11 is 0. The van der Waals surface area contributed by atoms with Gasteiger partial charge in [0.15, 0.2) is 5.82 Å². The molecule has 20 heavy (non-hydrogen) atoms. The van der Waals surface area contributed by atoms with E-state index in [1.807, 2.05) is 6.92 Å². The number of nitro benzene ring substituents is 1. The van der Waals surface area contributed by atoms with Crippen molar-refractivity contribution in [1.82, 2.24) is 0 Å². The van der Waals surface area contributed by atoms with Gasteiger partial charge in [-0.05, 0) is 30.7 Å². The molecule has 0 aliphatic carbocycles. The largest absolute Gasteiger partial charge is 0.447 e. The molecule has 0 aliphatic heterocycles. The summed E-state index contributed by atoms with van der Waals surface area (Å²) in [5.74, 6) is -0.871. The van der Waals surface area contributed by atoms with Gasteiger partial charge < -0.3 is 10.5 Å². The Kier molecular flexibility index (Phi) is 3.95. The van der Waals surface area contributed by atoms with Gasteiger partial charge in [-0.1, -0.05) is 18.2 Å². The Hall–Kier alpha value is -2.47. The van der Waals surface area contributed by atoms with E-state index in [-0.39, 0.29) is 6.04 Å². The van der Waals surface area contributed by atoms with E-state index in [4.69, 9.17) is 10.5 Å². The third-order valence-electron chi connectivity index (χ3n) is 2.77. The van der Waals surface area contributed by atoms with Crippen molar-refractivity contribution in [1.29, 1.82) is 0 Å². The summed E-state index contributed by atoms with van der Waals surface area (Å²) in [5, 5.41) is 10.8. The van der Waals surface area contributed by atoms with Crippen molar-refractivity contribution >= 4 is 5.69 Å². The summed E-state index contributed by atoms with van der Waals surface area (Å²) in [6.07, 6.45) is 0. The van der Waals surface area contributed by atoms with Crippen LogP contribution < -0.4 is 10.5 Å². The third-order valence-corrected chi connectivity index (χ3v) is 2.77. The molecule has 0 radical (unpaired) electrons. The van der Waals surface area contributed by atoms with Crippen molar-refractivity contribution in [3.63, 3.8) is 0 Å². The molecule has 1 atom stereocenters. The fourth-order valence-electron chi connectivity index (χ4n) is 1.70. The van der Waals surface area contributed by atoms with Crippen LogP contribution in [-0.4, -0.2) is 4.92 Å². The minimum atomic E-state index is -0.782. The van der Waals surface area contributed by atoms with E-state index < -0.39 is 22.2 Å². The monoisotopic (exact) mass is 276 g/mol. The number of halogens is 1. The van der Waals surface area contributed by atoms with E-state index in [2.05, 4.69) is 0 Å². The van der Waals surface area contributed by atoms with Crippen molar-refractivity contribution in [3.8, 4) is 11.5 Å². The molecule has 0 unspecified atom stereocenters. The van der Waals surface area contributed by atoms with E-state index >= 15 is 0 Å². The normalized spacial score (nSPS) is 11.9. The molecular formula is C14H13FN2O3. The Labute approximate surface area is 114 Å². The van der Waals surface area contributed by atoms with Gasteiger partial charge >= 0.3 is 5.69 Å². The van der Waals surface area contributed by atoms with Gasteiger partial charge in [-0.3, -0.25) is 10.1 Å². The molecule has 2 N–H and O–H groups in total. The second-order valence-electron chi connectivity index (χ2n) is 4.30. The van der Waals surface area contributed by atoms with Crippen LogP contribution in [0.2, 0.25) is 0 Å². The lowest BCUT2D eigenvalue weighted by Crippen LogP contribution is -2.04. The molecule has 2 rings (SSSR count). The van der Waals surface area contributed by atoms with Gasteiger partial charge in [-0.15, -0.1) is 0 Å². The summed E-state index contributed by atoms with van der Waals surface area (Å²) in [6.45, 7) is 1.83. The molecule has 0 bridgehead atoms. The van der Waals surface area contributed by atoms with Gasteiger partial charge in [-0.25, -0.2) is 4.39 Å². The highest BCUT2D eigenvalue weighted by Gasteiger charge is 2.20. The molecule has 0 amide bonds. The zero-order valence-corrected chi connectivity index (χ0v) is 10.7. The molecule has 2 aromatic carbocycles. The summed E-state index contributed by atoms with van der Waals surface area (Å²) in [5.41, 5.74) is 6.19. The van der Waals surface area contributed by atoms with Crippen LogP contribution >= 0.6 is 0 Å². The average molecular weight is 276 g/mol. The van der Waals surface area contributed by atoms with Gasteiger partial charge in [0.2, 0.25) is 5.75 Å². The molecule has 0 fully saturated rings. The number of para-hydroxylation sites is 1. The first kappa shape index (κ1) is 14.0. The molecule has 5 nitrogen and oxygen atoms in total. The minimum absolute atomic E-state index is 0.133. The first-order valence-corrected chi connectivity index (χ1v) is 5.95. The van der Waals surface area contributed by atoms with Crippen LogP contribution in [0.5, 0.6) is 11.5 Å². The highest BCUT2D eigenvalue weighted by molar-refractivity contribution is 5.49. The SMILES string of the molecule is C[C@H](N)c1ccc(Oc2c(F)cccc2[N+](=O)[O-])cc1. The van der Waals surface area contributed by atoms with E-state index in [9.17, 15) is 14.5 Å². The summed E-state index contributed by atoms with van der Waals surface area (Å²) in [4.78, 5) is 10.2. The van der Waals surface area contributed by atoms with Crippen LogP contribution in [0.3, 0.4) is 0 Å². The smallest absolute Gasteiger partial charge is 0.314 e. The molecule has 0 saturated heterocycles. The lowest BCUT2D eigenvalue weighted by molar-refractivity contribution is -0.385. The molecule has 0 aromatic heterocycles. The van der Waals surface area contributed by atoms with Crippen LogP contribution in [0.15, 0.2) is 42.5 Å². The molecule has 104 valence electrons. The predicted octanol–water partition coefficient (Wildman–Crippen LogP) is 3.55. The van der Waals surface area contributed by atoms with Crippen LogP contribution in [0.25, 0.3) is 0 Å². The Morgan fingerprint density at radius 1 is 1.25 bits per heavy atom. The average Bonchev–Trinajstić information content (AvgIpc) is 2.41. The quantitative estimate of drug-likeness (QED) is 0.684. The van der Waals surface area contributed by atoms with E-state index in [0.29, 0.717) is 5.75 Å². The van der Waals surface area contributed by atoms with E-state index in [0.717, 1.165) is 11.6 Å². The molecule has 0 heterocycles. The number of hydrogen-bond donors (Lipinski definition) is 1. The summed E-state index contributed by atoms with van der Waals surface area (Å²) < 4.78 is 18.9. The Bertz CT molecular complexity index is 627. The standard InChI is InChI=1S/C14H13FN2O3/c1-9(16)10-5-7-11(8-6-10)20-14-12(15)3-2-4-13(14)17(18)19/h2-9H,16H2,1H3/t9-/m0/s1. The maximum absolute atomic E-state index is 13.7. The maximum Gasteiger partial charge on any atom is 0.314 e. The highest BCUT2D eigenvalue weighted by atomic mass is 19.1. The number of ether oxygens (including phenoxy) is 1. The van der Waals surface area contributed by atoms with Crippen LogP contribution in [0, 0.1) is 15.9 Å². The van der Waals surface area contributed by atoms with Gasteiger partial charge in [0.25, 0.3) is 0 Å². The number of nitro groups is 1. The predicted molar refractivity (Wildman–Crippen MR) is 72.2 cm³/mol. The molecule has 0 aliphatic rings. The topological polar surface area (TPSA) is 78.4 Å². The Morgan fingerprint density at radius 2 is 1.90 bits per heavy atom. The number of nitrogens with two attached hydrogens (primary N) is 1. The Balaban J connectivity index is 2.32. The highest BCUT2D eigenvalue weighted by Crippen LogP contribution is 2.33. The van der Waals surface area contributed by atoms with Crippen LogP contribution in [0.4, 0.5) is 10.1 Å².